The van der Waals surface area contributed by atoms with Crippen LogP contribution in [0.1, 0.15) is 45.5 Å². The maximum absolute atomic E-state index is 10.7. The van der Waals surface area contributed by atoms with Crippen molar-refractivity contribution in [2.75, 3.05) is 48.5 Å². The third-order valence-electron chi connectivity index (χ3n) is 10.3. The van der Waals surface area contributed by atoms with Gasteiger partial charge in [0.15, 0.2) is 34.5 Å². The minimum Gasteiger partial charge on any atom is -0.504 e. The third-order valence-corrected chi connectivity index (χ3v) is 10.3. The summed E-state index contributed by atoms with van der Waals surface area (Å²) in [6.07, 6.45) is 3.25. The van der Waals surface area contributed by atoms with E-state index in [0.29, 0.717) is 46.7 Å². The number of rotatable bonds is 3. The molecule has 4 aliphatic heterocycles. The Morgan fingerprint density at radius 2 is 1.24 bits per heavy atom. The first-order valence-electron chi connectivity index (χ1n) is 17.5. The molecular formula is C43H46N2O6. The number of fused-ring (bicyclic) bond motifs is 2. The van der Waals surface area contributed by atoms with Crippen LogP contribution in [0.25, 0.3) is 0 Å². The number of methoxy groups -OCH3 is 3. The smallest absolute Gasteiger partial charge is 0.204 e. The van der Waals surface area contributed by atoms with Crippen molar-refractivity contribution in [3.8, 4) is 46.0 Å². The highest BCUT2D eigenvalue weighted by molar-refractivity contribution is 5.64. The largest absolute Gasteiger partial charge is 0.504 e. The molecule has 264 valence electrons. The van der Waals surface area contributed by atoms with Crippen molar-refractivity contribution in [3.05, 3.63) is 130 Å². The van der Waals surface area contributed by atoms with E-state index in [0.717, 1.165) is 49.0 Å². The Morgan fingerprint density at radius 1 is 0.627 bits per heavy atom. The fourth-order valence-electron chi connectivity index (χ4n) is 7.50. The fraction of sp³-hybridized carbons (Fsp3) is 0.302. The van der Waals surface area contributed by atoms with Crippen LogP contribution in [0, 0.1) is 0 Å². The van der Waals surface area contributed by atoms with Crippen LogP contribution in [0.5, 0.6) is 46.0 Å². The van der Waals surface area contributed by atoms with Gasteiger partial charge in [0.25, 0.3) is 0 Å². The van der Waals surface area contributed by atoms with Crippen molar-refractivity contribution >= 4 is 0 Å². The number of hydrogen-bond donors (Lipinski definition) is 1. The summed E-state index contributed by atoms with van der Waals surface area (Å²) < 4.78 is 31.0. The summed E-state index contributed by atoms with van der Waals surface area (Å²) in [4.78, 5) is 4.75. The first-order chi connectivity index (χ1) is 24.9. The monoisotopic (exact) mass is 686 g/mol. The molecule has 0 spiro atoms. The highest BCUT2D eigenvalue weighted by atomic mass is 16.5. The maximum Gasteiger partial charge on any atom is 0.204 e. The number of likely N-dealkylation sites (N-methyl/N-ethyl adjacent to an activating group) is 2. The van der Waals surface area contributed by atoms with Crippen LogP contribution in [0.15, 0.2) is 97.1 Å². The van der Waals surface area contributed by atoms with Crippen molar-refractivity contribution in [1.29, 1.82) is 0 Å². The Labute approximate surface area is 300 Å². The van der Waals surface area contributed by atoms with Gasteiger partial charge in [-0.15, -0.1) is 0 Å². The number of benzene rings is 5. The van der Waals surface area contributed by atoms with Gasteiger partial charge >= 0.3 is 0 Å². The lowest BCUT2D eigenvalue weighted by molar-refractivity contribution is 0.220. The van der Waals surface area contributed by atoms with Gasteiger partial charge in [-0.2, -0.15) is 0 Å². The molecule has 0 aliphatic carbocycles. The molecule has 0 amide bonds. The summed E-state index contributed by atoms with van der Waals surface area (Å²) in [6.45, 7) is 1.82. The molecule has 5 aromatic rings. The summed E-state index contributed by atoms with van der Waals surface area (Å²) in [6, 6.07) is 32.3. The van der Waals surface area contributed by atoms with Crippen LogP contribution >= 0.6 is 0 Å². The average molecular weight is 687 g/mol. The van der Waals surface area contributed by atoms with E-state index < -0.39 is 0 Å². The van der Waals surface area contributed by atoms with Crippen molar-refractivity contribution in [1.82, 2.24) is 9.80 Å². The molecule has 0 saturated carbocycles. The highest BCUT2D eigenvalue weighted by Gasteiger charge is 2.34. The predicted molar refractivity (Wildman–Crippen MR) is 199 cm³/mol. The second-order valence-corrected chi connectivity index (χ2v) is 13.4. The summed E-state index contributed by atoms with van der Waals surface area (Å²) in [7, 11) is 9.33. The minimum absolute atomic E-state index is 0.0402. The second-order valence-electron chi connectivity index (χ2n) is 13.4. The Balaban J connectivity index is 0.000000615. The van der Waals surface area contributed by atoms with Gasteiger partial charge in [0.2, 0.25) is 5.75 Å². The van der Waals surface area contributed by atoms with E-state index in [1.54, 1.807) is 27.4 Å². The van der Waals surface area contributed by atoms with E-state index in [1.165, 1.54) is 16.7 Å². The summed E-state index contributed by atoms with van der Waals surface area (Å²) in [5.74, 6) is 4.37. The van der Waals surface area contributed by atoms with E-state index in [4.69, 9.17) is 23.7 Å². The van der Waals surface area contributed by atoms with E-state index in [-0.39, 0.29) is 17.8 Å². The maximum atomic E-state index is 10.7. The van der Waals surface area contributed by atoms with Gasteiger partial charge in [-0.25, -0.2) is 0 Å². The zero-order valence-electron chi connectivity index (χ0n) is 30.0. The predicted octanol–water partition coefficient (Wildman–Crippen LogP) is 8.55. The zero-order chi connectivity index (χ0) is 35.5. The Bertz CT molecular complexity index is 1950. The van der Waals surface area contributed by atoms with Crippen molar-refractivity contribution in [3.63, 3.8) is 0 Å². The molecule has 4 aliphatic rings. The van der Waals surface area contributed by atoms with E-state index in [1.807, 2.05) is 60.7 Å². The molecule has 6 bridgehead atoms. The molecule has 0 unspecified atom stereocenters. The molecule has 5 aromatic carbocycles. The average Bonchev–Trinajstić information content (AvgIpc) is 3.16. The Kier molecular flexibility index (Phi) is 10.1. The molecule has 2 atom stereocenters. The lowest BCUT2D eigenvalue weighted by Crippen LogP contribution is -2.34. The molecule has 0 aromatic heterocycles. The number of phenolic OH excluding ortho intramolecular Hbond substituents is 1. The number of phenols is 1. The van der Waals surface area contributed by atoms with E-state index in [2.05, 4.69) is 54.2 Å². The van der Waals surface area contributed by atoms with Gasteiger partial charge in [-0.3, -0.25) is 9.80 Å². The quantitative estimate of drug-likeness (QED) is 0.203. The normalized spacial score (nSPS) is 18.1. The lowest BCUT2D eigenvalue weighted by atomic mass is 9.87. The third kappa shape index (κ3) is 7.07. The molecule has 1 N–H and O–H groups in total. The molecule has 4 heterocycles. The molecule has 8 heteroatoms. The second kappa shape index (κ2) is 15.0. The molecule has 0 fully saturated rings. The van der Waals surface area contributed by atoms with Crippen LogP contribution in [0.4, 0.5) is 0 Å². The van der Waals surface area contributed by atoms with Crippen molar-refractivity contribution < 1.29 is 28.8 Å². The van der Waals surface area contributed by atoms with Gasteiger partial charge in [0.1, 0.15) is 5.75 Å². The van der Waals surface area contributed by atoms with Crippen molar-refractivity contribution in [2.45, 2.75) is 37.8 Å². The van der Waals surface area contributed by atoms with Crippen LogP contribution in [0.2, 0.25) is 0 Å². The zero-order valence-corrected chi connectivity index (χ0v) is 30.0. The van der Waals surface area contributed by atoms with Gasteiger partial charge in [0.05, 0.1) is 21.3 Å². The lowest BCUT2D eigenvalue weighted by Gasteiger charge is -2.37. The van der Waals surface area contributed by atoms with Crippen LogP contribution < -0.4 is 23.7 Å². The standard InChI is InChI=1S/C37H40N2O6.C6H6/c1-38-14-12-24-19-32(41-3)33-21-27(24)28(38)16-22-6-9-26(10-7-22)44-31-18-23(8-11-30(31)40)17-29-35-25(13-15-39(29)2)20-34(42-4)36(43-5)37(35)45-33;1-2-4-6-5-3-1/h6-11,18-21,28-29,40H,12-17H2,1-5H3;1-6H/t28-,29+;/m0./s1. The van der Waals surface area contributed by atoms with Crippen LogP contribution in [-0.2, 0) is 25.7 Å². The number of nitrogens with zero attached hydrogens (tertiary/aromatic N) is 2. The number of ether oxygens (including phenoxy) is 5. The summed E-state index contributed by atoms with van der Waals surface area (Å²) in [5, 5.41) is 10.7. The molecule has 0 radical (unpaired) electrons. The van der Waals surface area contributed by atoms with Gasteiger partial charge in [-0.1, -0.05) is 54.6 Å². The first-order valence-corrected chi connectivity index (χ1v) is 17.5. The minimum atomic E-state index is -0.0402. The number of hydrogen-bond acceptors (Lipinski definition) is 8. The molecule has 51 heavy (non-hydrogen) atoms. The molecular weight excluding hydrogens is 640 g/mol. The topological polar surface area (TPSA) is 72.9 Å². The van der Waals surface area contributed by atoms with E-state index >= 15 is 0 Å². The molecule has 8 nitrogen and oxygen atoms in total. The van der Waals surface area contributed by atoms with Crippen LogP contribution in [0.3, 0.4) is 0 Å². The first kappa shape index (κ1) is 34.3. The van der Waals surface area contributed by atoms with Gasteiger partial charge in [0, 0.05) is 30.7 Å². The number of aromatic hydroxyl groups is 1. The SMILES string of the molecule is COc1cc2c3cc1Oc1c(OC)c(OC)cc4c1[C@@H](Cc1ccc(O)c(c1)Oc1ccc(cc1)C[C@@H]3N(C)CC2)N(C)CC4.c1ccccc1. The molecule has 9 rings (SSSR count). The highest BCUT2D eigenvalue weighted by Crippen LogP contribution is 2.52. The summed E-state index contributed by atoms with van der Waals surface area (Å²) >= 11 is 0. The Hall–Kier alpha value is -5.18. The van der Waals surface area contributed by atoms with Crippen molar-refractivity contribution in [2.24, 2.45) is 0 Å². The van der Waals surface area contributed by atoms with Gasteiger partial charge < -0.3 is 28.8 Å². The van der Waals surface area contributed by atoms with E-state index in [9.17, 15) is 5.11 Å². The molecule has 0 saturated heterocycles. The fourth-order valence-corrected chi connectivity index (χ4v) is 7.50. The van der Waals surface area contributed by atoms with Gasteiger partial charge in [-0.05, 0) is 110 Å². The van der Waals surface area contributed by atoms with Crippen LogP contribution in [-0.4, -0.2) is 63.4 Å². The Morgan fingerprint density at radius 3 is 1.90 bits per heavy atom. The summed E-state index contributed by atoms with van der Waals surface area (Å²) in [5.41, 5.74) is 6.93.